The number of aromatic nitrogens is 1. The summed E-state index contributed by atoms with van der Waals surface area (Å²) in [5.74, 6) is 1.84. The molecule has 0 radical (unpaired) electrons. The van der Waals surface area contributed by atoms with Gasteiger partial charge < -0.3 is 5.11 Å². The van der Waals surface area contributed by atoms with Crippen LogP contribution in [-0.2, 0) is 6.42 Å². The molecule has 4 heteroatoms. The number of nitrogens with zero attached hydrogens (tertiary/aromatic N) is 1. The van der Waals surface area contributed by atoms with Crippen LogP contribution in [0.5, 0.6) is 0 Å². The van der Waals surface area contributed by atoms with Gasteiger partial charge in [0.05, 0.1) is 10.7 Å². The van der Waals surface area contributed by atoms with E-state index in [-0.39, 0.29) is 0 Å². The van der Waals surface area contributed by atoms with E-state index in [2.05, 4.69) is 13.8 Å². The molecule has 0 amide bonds. The van der Waals surface area contributed by atoms with Gasteiger partial charge in [0, 0.05) is 5.92 Å². The number of carbonyl (C=O) groups is 1. The van der Waals surface area contributed by atoms with E-state index in [1.807, 2.05) is 0 Å². The van der Waals surface area contributed by atoms with E-state index in [9.17, 15) is 9.90 Å². The van der Waals surface area contributed by atoms with Crippen LogP contribution in [0.4, 0.5) is 0 Å². The Kier molecular flexibility index (Phi) is 3.37. The summed E-state index contributed by atoms with van der Waals surface area (Å²) in [5, 5.41) is 10.4. The molecule has 0 aromatic carbocycles. The average Bonchev–Trinajstić information content (AvgIpc) is 3.00. The van der Waals surface area contributed by atoms with Gasteiger partial charge in [-0.15, -0.1) is 11.3 Å². The third-order valence-electron chi connectivity index (χ3n) is 4.57. The van der Waals surface area contributed by atoms with Crippen LogP contribution in [0.15, 0.2) is 0 Å². The third-order valence-corrected chi connectivity index (χ3v) is 5.78. The molecule has 2 aliphatic rings. The number of hydrogen-bond donors (Lipinski definition) is 1. The Balaban J connectivity index is 1.88. The minimum Gasteiger partial charge on any atom is -0.477 e. The Morgan fingerprint density at radius 2 is 2.21 bits per heavy atom. The molecule has 2 saturated carbocycles. The van der Waals surface area contributed by atoms with Crippen molar-refractivity contribution < 1.29 is 9.90 Å². The van der Waals surface area contributed by atoms with E-state index < -0.39 is 5.97 Å². The van der Waals surface area contributed by atoms with E-state index in [0.717, 1.165) is 29.0 Å². The highest BCUT2D eigenvalue weighted by atomic mass is 32.1. The van der Waals surface area contributed by atoms with Gasteiger partial charge in [0.15, 0.2) is 0 Å². The van der Waals surface area contributed by atoms with Crippen molar-refractivity contribution in [1.29, 1.82) is 0 Å². The molecule has 2 aliphatic carbocycles. The molecule has 104 valence electrons. The fraction of sp³-hybridized carbons (Fsp3) is 0.733. The summed E-state index contributed by atoms with van der Waals surface area (Å²) in [6, 6.07) is 0. The second-order valence-electron chi connectivity index (χ2n) is 6.51. The van der Waals surface area contributed by atoms with Gasteiger partial charge in [0.1, 0.15) is 4.88 Å². The lowest BCUT2D eigenvalue weighted by molar-refractivity contribution is 0.0700. The fourth-order valence-electron chi connectivity index (χ4n) is 3.77. The number of fused-ring (bicyclic) bond motifs is 2. The molecule has 1 heterocycles. The van der Waals surface area contributed by atoms with Crippen LogP contribution < -0.4 is 0 Å². The van der Waals surface area contributed by atoms with Crippen molar-refractivity contribution in [3.8, 4) is 0 Å². The number of hydrogen-bond acceptors (Lipinski definition) is 3. The Morgan fingerprint density at radius 1 is 1.42 bits per heavy atom. The van der Waals surface area contributed by atoms with Gasteiger partial charge in [0.25, 0.3) is 0 Å². The van der Waals surface area contributed by atoms with Crippen molar-refractivity contribution in [1.82, 2.24) is 4.98 Å². The van der Waals surface area contributed by atoms with Gasteiger partial charge in [-0.25, -0.2) is 9.78 Å². The Bertz CT molecular complexity index is 494. The molecule has 0 spiro atoms. The second-order valence-corrected chi connectivity index (χ2v) is 7.54. The van der Waals surface area contributed by atoms with Crippen molar-refractivity contribution in [2.75, 3.05) is 0 Å². The number of rotatable bonds is 4. The maximum absolute atomic E-state index is 11.4. The SMILES string of the molecule is CC(C)Cc1nc(C2CC3CCC2C3)sc1C(=O)O. The summed E-state index contributed by atoms with van der Waals surface area (Å²) in [6.07, 6.45) is 6.04. The first-order valence-corrected chi connectivity index (χ1v) is 8.09. The van der Waals surface area contributed by atoms with Crippen LogP contribution >= 0.6 is 11.3 Å². The number of carboxylic acid groups (broad SMARTS) is 1. The highest BCUT2D eigenvalue weighted by molar-refractivity contribution is 7.13. The van der Waals surface area contributed by atoms with Crippen molar-refractivity contribution in [2.45, 2.75) is 51.9 Å². The van der Waals surface area contributed by atoms with Crippen molar-refractivity contribution >= 4 is 17.3 Å². The third kappa shape index (κ3) is 2.42. The predicted molar refractivity (Wildman–Crippen MR) is 75.8 cm³/mol. The number of thiazole rings is 1. The van der Waals surface area contributed by atoms with Gasteiger partial charge in [-0.2, -0.15) is 0 Å². The zero-order valence-electron chi connectivity index (χ0n) is 11.6. The van der Waals surface area contributed by atoms with E-state index in [4.69, 9.17) is 4.98 Å². The smallest absolute Gasteiger partial charge is 0.347 e. The van der Waals surface area contributed by atoms with Crippen molar-refractivity contribution in [3.05, 3.63) is 15.6 Å². The van der Waals surface area contributed by atoms with Crippen LogP contribution in [0.2, 0.25) is 0 Å². The van der Waals surface area contributed by atoms with E-state index >= 15 is 0 Å². The van der Waals surface area contributed by atoms with Crippen molar-refractivity contribution in [3.63, 3.8) is 0 Å². The maximum atomic E-state index is 11.4. The quantitative estimate of drug-likeness (QED) is 0.908. The van der Waals surface area contributed by atoms with E-state index in [1.54, 1.807) is 0 Å². The van der Waals surface area contributed by atoms with Crippen LogP contribution in [0, 0.1) is 17.8 Å². The minimum atomic E-state index is -0.803. The van der Waals surface area contributed by atoms with Crippen molar-refractivity contribution in [2.24, 2.45) is 17.8 Å². The molecule has 1 aromatic rings. The Labute approximate surface area is 118 Å². The molecule has 3 rings (SSSR count). The van der Waals surface area contributed by atoms with Gasteiger partial charge in [-0.1, -0.05) is 20.3 Å². The number of carboxylic acids is 1. The summed E-state index contributed by atoms with van der Waals surface area (Å²) in [7, 11) is 0. The molecule has 19 heavy (non-hydrogen) atoms. The first-order valence-electron chi connectivity index (χ1n) is 7.27. The van der Waals surface area contributed by atoms with Gasteiger partial charge in [0.2, 0.25) is 0 Å². The average molecular weight is 279 g/mol. The van der Waals surface area contributed by atoms with Crippen LogP contribution in [0.25, 0.3) is 0 Å². The van der Waals surface area contributed by atoms with E-state index in [1.165, 1.54) is 37.0 Å². The predicted octanol–water partition coefficient (Wildman–Crippen LogP) is 3.94. The van der Waals surface area contributed by atoms with Crippen LogP contribution in [-0.4, -0.2) is 16.1 Å². The minimum absolute atomic E-state index is 0.452. The largest absolute Gasteiger partial charge is 0.477 e. The summed E-state index contributed by atoms with van der Waals surface area (Å²) < 4.78 is 0. The highest BCUT2D eigenvalue weighted by Crippen LogP contribution is 2.53. The molecule has 3 atom stereocenters. The lowest BCUT2D eigenvalue weighted by Crippen LogP contribution is -2.08. The standard InChI is InChI=1S/C15H21NO2S/c1-8(2)5-12-13(15(17)18)19-14(16-12)11-7-9-3-4-10(11)6-9/h8-11H,3-7H2,1-2H3,(H,17,18). The summed E-state index contributed by atoms with van der Waals surface area (Å²) in [4.78, 5) is 16.5. The first-order chi connectivity index (χ1) is 9.04. The van der Waals surface area contributed by atoms with Gasteiger partial charge >= 0.3 is 5.97 Å². The van der Waals surface area contributed by atoms with E-state index in [0.29, 0.717) is 16.7 Å². The monoisotopic (exact) mass is 279 g/mol. The Morgan fingerprint density at radius 3 is 2.74 bits per heavy atom. The second kappa shape index (κ2) is 4.89. The maximum Gasteiger partial charge on any atom is 0.347 e. The summed E-state index contributed by atoms with van der Waals surface area (Å²) in [6.45, 7) is 4.23. The molecule has 3 unspecified atom stereocenters. The topological polar surface area (TPSA) is 50.2 Å². The van der Waals surface area contributed by atoms with Crippen LogP contribution in [0.1, 0.15) is 65.8 Å². The number of aromatic carboxylic acids is 1. The lowest BCUT2D eigenvalue weighted by atomic mass is 9.89. The van der Waals surface area contributed by atoms with Gasteiger partial charge in [-0.05, 0) is 43.4 Å². The molecule has 0 saturated heterocycles. The molecule has 2 bridgehead atoms. The normalized spacial score (nSPS) is 29.3. The molecule has 0 aliphatic heterocycles. The van der Waals surface area contributed by atoms with Gasteiger partial charge in [-0.3, -0.25) is 0 Å². The fourth-order valence-corrected chi connectivity index (χ4v) is 4.91. The molecule has 3 nitrogen and oxygen atoms in total. The molecular formula is C15H21NO2S. The highest BCUT2D eigenvalue weighted by Gasteiger charge is 2.42. The molecule has 1 aromatic heterocycles. The first kappa shape index (κ1) is 13.1. The molecule has 2 fully saturated rings. The zero-order valence-corrected chi connectivity index (χ0v) is 12.4. The molecule has 1 N–H and O–H groups in total. The van der Waals surface area contributed by atoms with Crippen LogP contribution in [0.3, 0.4) is 0 Å². The summed E-state index contributed by atoms with van der Waals surface area (Å²) in [5.41, 5.74) is 0.810. The summed E-state index contributed by atoms with van der Waals surface area (Å²) >= 11 is 1.44. The lowest BCUT2D eigenvalue weighted by Gasteiger charge is -2.18. The Hall–Kier alpha value is -0.900. The molecular weight excluding hydrogens is 258 g/mol. The zero-order chi connectivity index (χ0) is 13.6.